The van der Waals surface area contributed by atoms with Gasteiger partial charge in [-0.2, -0.15) is 0 Å². The molecule has 112 valence electrons. The van der Waals surface area contributed by atoms with Crippen molar-refractivity contribution in [1.82, 2.24) is 15.3 Å². The predicted molar refractivity (Wildman–Crippen MR) is 82.3 cm³/mol. The Kier molecular flexibility index (Phi) is 6.21. The van der Waals surface area contributed by atoms with Crippen molar-refractivity contribution in [2.45, 2.75) is 33.6 Å². The van der Waals surface area contributed by atoms with Gasteiger partial charge in [0.15, 0.2) is 0 Å². The Morgan fingerprint density at radius 3 is 2.45 bits per heavy atom. The summed E-state index contributed by atoms with van der Waals surface area (Å²) in [6.07, 6.45) is 1.72. The van der Waals surface area contributed by atoms with Crippen LogP contribution in [-0.2, 0) is 11.2 Å². The summed E-state index contributed by atoms with van der Waals surface area (Å²) >= 11 is 0. The van der Waals surface area contributed by atoms with E-state index in [9.17, 15) is 4.79 Å². The van der Waals surface area contributed by atoms with Crippen LogP contribution in [0.5, 0.6) is 0 Å². The summed E-state index contributed by atoms with van der Waals surface area (Å²) in [5, 5.41) is 5.76. The second-order valence-electron chi connectivity index (χ2n) is 4.64. The van der Waals surface area contributed by atoms with Crippen molar-refractivity contribution in [3.63, 3.8) is 0 Å². The topological polar surface area (TPSA) is 70.2 Å². The number of aryl methyl sites for hydroxylation is 1. The van der Waals surface area contributed by atoms with Gasteiger partial charge < -0.3 is 15.5 Å². The summed E-state index contributed by atoms with van der Waals surface area (Å²) in [7, 11) is 3.50. The SMILES string of the molecule is CCCN(CC(=O)NC)c1nc(CC)nc(NC)c1C. The average molecular weight is 279 g/mol. The van der Waals surface area contributed by atoms with Crippen LogP contribution in [0.15, 0.2) is 0 Å². The molecule has 1 amide bonds. The van der Waals surface area contributed by atoms with Crippen molar-refractivity contribution in [1.29, 1.82) is 0 Å². The monoisotopic (exact) mass is 279 g/mol. The van der Waals surface area contributed by atoms with Gasteiger partial charge in [0.05, 0.1) is 6.54 Å². The van der Waals surface area contributed by atoms with Gasteiger partial charge in [0.1, 0.15) is 17.5 Å². The van der Waals surface area contributed by atoms with Gasteiger partial charge in [-0.05, 0) is 13.3 Å². The Morgan fingerprint density at radius 1 is 1.25 bits per heavy atom. The molecule has 0 spiro atoms. The summed E-state index contributed by atoms with van der Waals surface area (Å²) in [5.74, 6) is 2.44. The first-order valence-electron chi connectivity index (χ1n) is 7.08. The second kappa shape index (κ2) is 7.67. The predicted octanol–water partition coefficient (Wildman–Crippen LogP) is 1.35. The van der Waals surface area contributed by atoms with E-state index in [1.54, 1.807) is 7.05 Å². The van der Waals surface area contributed by atoms with Gasteiger partial charge in [-0.3, -0.25) is 4.79 Å². The molecule has 1 aromatic heterocycles. The molecule has 0 saturated carbocycles. The van der Waals surface area contributed by atoms with E-state index in [2.05, 4.69) is 27.5 Å². The summed E-state index contributed by atoms with van der Waals surface area (Å²) < 4.78 is 0. The number of rotatable bonds is 7. The van der Waals surface area contributed by atoms with Crippen LogP contribution in [0, 0.1) is 6.92 Å². The van der Waals surface area contributed by atoms with Crippen molar-refractivity contribution < 1.29 is 4.79 Å². The minimum absolute atomic E-state index is 0.0134. The van der Waals surface area contributed by atoms with E-state index in [0.717, 1.165) is 42.4 Å². The quantitative estimate of drug-likeness (QED) is 0.788. The summed E-state index contributed by atoms with van der Waals surface area (Å²) in [6.45, 7) is 7.20. The summed E-state index contributed by atoms with van der Waals surface area (Å²) in [5.41, 5.74) is 0.974. The molecule has 0 aliphatic rings. The molecule has 1 aromatic rings. The third-order valence-corrected chi connectivity index (χ3v) is 3.13. The van der Waals surface area contributed by atoms with Crippen LogP contribution in [0.25, 0.3) is 0 Å². The zero-order chi connectivity index (χ0) is 15.1. The number of amides is 1. The fourth-order valence-corrected chi connectivity index (χ4v) is 2.04. The van der Waals surface area contributed by atoms with Crippen molar-refractivity contribution in [2.75, 3.05) is 37.4 Å². The molecule has 0 bridgehead atoms. The number of nitrogens with zero attached hydrogens (tertiary/aromatic N) is 3. The number of likely N-dealkylation sites (N-methyl/N-ethyl adjacent to an activating group) is 1. The number of aromatic nitrogens is 2. The maximum atomic E-state index is 11.7. The molecule has 1 heterocycles. The van der Waals surface area contributed by atoms with Crippen LogP contribution in [0.4, 0.5) is 11.6 Å². The molecule has 0 aliphatic carbocycles. The highest BCUT2D eigenvalue weighted by atomic mass is 16.1. The number of nitrogens with one attached hydrogen (secondary N) is 2. The number of hydrogen-bond acceptors (Lipinski definition) is 5. The van der Waals surface area contributed by atoms with Crippen LogP contribution in [0.2, 0.25) is 0 Å². The fraction of sp³-hybridized carbons (Fsp3) is 0.643. The average Bonchev–Trinajstić information content (AvgIpc) is 2.46. The summed E-state index contributed by atoms with van der Waals surface area (Å²) in [6, 6.07) is 0. The number of anilines is 2. The summed E-state index contributed by atoms with van der Waals surface area (Å²) in [4.78, 5) is 22.8. The van der Waals surface area contributed by atoms with Gasteiger partial charge in [0.25, 0.3) is 0 Å². The first-order chi connectivity index (χ1) is 9.57. The van der Waals surface area contributed by atoms with Crippen LogP contribution in [-0.4, -0.2) is 43.1 Å². The van der Waals surface area contributed by atoms with E-state index < -0.39 is 0 Å². The number of hydrogen-bond donors (Lipinski definition) is 2. The Hall–Kier alpha value is -1.85. The molecule has 0 atom stereocenters. The highest BCUT2D eigenvalue weighted by Crippen LogP contribution is 2.23. The normalized spacial score (nSPS) is 10.2. The lowest BCUT2D eigenvalue weighted by molar-refractivity contribution is -0.119. The second-order valence-corrected chi connectivity index (χ2v) is 4.64. The third-order valence-electron chi connectivity index (χ3n) is 3.13. The van der Waals surface area contributed by atoms with Gasteiger partial charge in [-0.1, -0.05) is 13.8 Å². The Morgan fingerprint density at radius 2 is 1.95 bits per heavy atom. The highest BCUT2D eigenvalue weighted by Gasteiger charge is 2.17. The van der Waals surface area contributed by atoms with Crippen LogP contribution in [0.1, 0.15) is 31.7 Å². The maximum Gasteiger partial charge on any atom is 0.239 e. The standard InChI is InChI=1S/C14H25N5O/c1-6-8-19(9-12(20)15-4)14-10(3)13(16-5)17-11(7-2)18-14/h6-9H2,1-5H3,(H,15,20)(H,16,17,18). The van der Waals surface area contributed by atoms with E-state index in [0.29, 0.717) is 6.54 Å². The first-order valence-corrected chi connectivity index (χ1v) is 7.08. The van der Waals surface area contributed by atoms with E-state index in [4.69, 9.17) is 0 Å². The van der Waals surface area contributed by atoms with Gasteiger partial charge in [0, 0.05) is 32.6 Å². The molecule has 0 saturated heterocycles. The largest absolute Gasteiger partial charge is 0.373 e. The van der Waals surface area contributed by atoms with Crippen molar-refractivity contribution in [3.05, 3.63) is 11.4 Å². The van der Waals surface area contributed by atoms with Crippen LogP contribution >= 0.6 is 0 Å². The smallest absolute Gasteiger partial charge is 0.239 e. The molecule has 0 aromatic carbocycles. The zero-order valence-electron chi connectivity index (χ0n) is 13.1. The zero-order valence-corrected chi connectivity index (χ0v) is 13.1. The van der Waals surface area contributed by atoms with Gasteiger partial charge in [-0.25, -0.2) is 9.97 Å². The van der Waals surface area contributed by atoms with Gasteiger partial charge in [0.2, 0.25) is 5.91 Å². The Labute approximate surface area is 121 Å². The van der Waals surface area contributed by atoms with E-state index in [1.807, 2.05) is 25.8 Å². The van der Waals surface area contributed by atoms with Gasteiger partial charge >= 0.3 is 0 Å². The number of carbonyl (C=O) groups excluding carboxylic acids is 1. The van der Waals surface area contributed by atoms with Crippen LogP contribution < -0.4 is 15.5 Å². The molecular weight excluding hydrogens is 254 g/mol. The molecule has 20 heavy (non-hydrogen) atoms. The van der Waals surface area contributed by atoms with E-state index in [1.165, 1.54) is 0 Å². The lowest BCUT2D eigenvalue weighted by Crippen LogP contribution is -2.37. The fourth-order valence-electron chi connectivity index (χ4n) is 2.04. The molecule has 1 rings (SSSR count). The molecule has 0 aliphatic heterocycles. The molecule has 2 N–H and O–H groups in total. The molecular formula is C14H25N5O. The highest BCUT2D eigenvalue weighted by molar-refractivity contribution is 5.81. The number of carbonyl (C=O) groups is 1. The minimum atomic E-state index is -0.0134. The van der Waals surface area contributed by atoms with Crippen LogP contribution in [0.3, 0.4) is 0 Å². The molecule has 0 fully saturated rings. The van der Waals surface area contributed by atoms with Crippen molar-refractivity contribution in [3.8, 4) is 0 Å². The molecule has 0 radical (unpaired) electrons. The lowest BCUT2D eigenvalue weighted by Gasteiger charge is -2.25. The third kappa shape index (κ3) is 3.82. The lowest BCUT2D eigenvalue weighted by atomic mass is 10.2. The molecule has 6 nitrogen and oxygen atoms in total. The first kappa shape index (κ1) is 16.2. The van der Waals surface area contributed by atoms with Gasteiger partial charge in [-0.15, -0.1) is 0 Å². The van der Waals surface area contributed by atoms with Crippen molar-refractivity contribution in [2.24, 2.45) is 0 Å². The Bertz CT molecular complexity index is 461. The maximum absolute atomic E-state index is 11.7. The van der Waals surface area contributed by atoms with E-state index in [-0.39, 0.29) is 5.91 Å². The van der Waals surface area contributed by atoms with Crippen molar-refractivity contribution >= 4 is 17.5 Å². The Balaban J connectivity index is 3.19. The molecule has 0 unspecified atom stereocenters. The van der Waals surface area contributed by atoms with E-state index >= 15 is 0 Å². The molecule has 6 heteroatoms. The minimum Gasteiger partial charge on any atom is -0.373 e.